The summed E-state index contributed by atoms with van der Waals surface area (Å²) in [7, 11) is -4.28. The van der Waals surface area contributed by atoms with Crippen molar-refractivity contribution in [3.63, 3.8) is 0 Å². The summed E-state index contributed by atoms with van der Waals surface area (Å²) in [5.74, 6) is -1.32. The number of H-pyrrole nitrogens is 1. The minimum atomic E-state index is -4.28. The van der Waals surface area contributed by atoms with Crippen LogP contribution in [-0.2, 0) is 32.9 Å². The van der Waals surface area contributed by atoms with Gasteiger partial charge in [-0.3, -0.25) is 28.5 Å². The molecule has 0 spiro atoms. The van der Waals surface area contributed by atoms with Crippen molar-refractivity contribution in [3.05, 3.63) is 33.1 Å². The fraction of sp³-hybridized carbons (Fsp3) is 0.778. The summed E-state index contributed by atoms with van der Waals surface area (Å²) in [5, 5.41) is 15.7. The Kier molecular flexibility index (Phi) is 11.7. The lowest BCUT2D eigenvalue weighted by Gasteiger charge is -2.29. The Morgan fingerprint density at radius 1 is 1.02 bits per heavy atom. The number of alkyl halides is 1. The lowest BCUT2D eigenvalue weighted by atomic mass is 9.98. The molecule has 2 saturated carbocycles. The van der Waals surface area contributed by atoms with Crippen LogP contribution in [0, 0.1) is 0 Å². The van der Waals surface area contributed by atoms with E-state index in [4.69, 9.17) is 18.7 Å². The van der Waals surface area contributed by atoms with Crippen LogP contribution in [0.2, 0.25) is 0 Å². The molecule has 2 aliphatic carbocycles. The van der Waals surface area contributed by atoms with Crippen LogP contribution in [0.15, 0.2) is 21.9 Å². The van der Waals surface area contributed by atoms with E-state index in [1.165, 1.54) is 13.8 Å². The van der Waals surface area contributed by atoms with Crippen LogP contribution in [0.5, 0.6) is 0 Å². The van der Waals surface area contributed by atoms with Crippen molar-refractivity contribution in [2.75, 3.05) is 6.61 Å². The van der Waals surface area contributed by atoms with E-state index < -0.39 is 74.2 Å². The molecular formula is C27H42FN4O10P. The molecule has 14 nitrogen and oxygen atoms in total. The third kappa shape index (κ3) is 9.05. The fourth-order valence-electron chi connectivity index (χ4n) is 5.50. The molecule has 1 aromatic heterocycles. The van der Waals surface area contributed by atoms with E-state index in [9.17, 15) is 33.2 Å². The summed E-state index contributed by atoms with van der Waals surface area (Å²) in [4.78, 5) is 51.2. The van der Waals surface area contributed by atoms with Crippen molar-refractivity contribution >= 4 is 19.6 Å². The first kappa shape index (κ1) is 33.5. The molecule has 4 rings (SSSR count). The second-order valence-corrected chi connectivity index (χ2v) is 13.3. The molecule has 0 radical (unpaired) electrons. The Bertz CT molecular complexity index is 1220. The molecule has 1 saturated heterocycles. The maximum Gasteiger partial charge on any atom is 0.342 e. The van der Waals surface area contributed by atoms with Gasteiger partial charge in [-0.05, 0) is 65.2 Å². The van der Waals surface area contributed by atoms with Crippen molar-refractivity contribution in [2.24, 2.45) is 0 Å². The highest BCUT2D eigenvalue weighted by Gasteiger charge is 2.47. The minimum Gasteiger partial charge on any atom is -0.461 e. The zero-order chi connectivity index (χ0) is 31.1. The van der Waals surface area contributed by atoms with Gasteiger partial charge in [-0.2, -0.15) is 0 Å². The molecule has 0 aromatic carbocycles. The van der Waals surface area contributed by atoms with E-state index in [1.54, 1.807) is 0 Å². The predicted molar refractivity (Wildman–Crippen MR) is 151 cm³/mol. The SMILES string of the molecule is CC(NP(=O)(NC(C)C(=O)OC1CCCCC1)OC[C@H]1O[C@@H](n2ccc(=O)[nH]c2=O)[C@H](F)[C@@H]1O)C(=O)OC1CCCCC1. The van der Waals surface area contributed by atoms with Crippen LogP contribution in [0.1, 0.15) is 84.3 Å². The largest absolute Gasteiger partial charge is 0.461 e. The Balaban J connectivity index is 1.44. The van der Waals surface area contributed by atoms with Crippen LogP contribution >= 0.6 is 7.67 Å². The van der Waals surface area contributed by atoms with Crippen molar-refractivity contribution in [3.8, 4) is 0 Å². The van der Waals surface area contributed by atoms with Gasteiger partial charge in [0.2, 0.25) is 0 Å². The number of carbonyl (C=O) groups is 2. The second kappa shape index (κ2) is 15.0. The number of nitrogens with one attached hydrogen (secondary N) is 3. The summed E-state index contributed by atoms with van der Waals surface area (Å²) < 4.78 is 52.1. The highest BCUT2D eigenvalue weighted by atomic mass is 31.2. The van der Waals surface area contributed by atoms with E-state index in [2.05, 4.69) is 10.2 Å². The molecule has 16 heteroatoms. The molecule has 4 N–H and O–H groups in total. The summed E-state index contributed by atoms with van der Waals surface area (Å²) in [6, 6.07) is -1.26. The number of hydrogen-bond donors (Lipinski definition) is 4. The number of aliphatic hydroxyl groups excluding tert-OH is 1. The molecule has 2 heterocycles. The highest BCUT2D eigenvalue weighted by molar-refractivity contribution is 7.54. The van der Waals surface area contributed by atoms with Crippen LogP contribution in [0.25, 0.3) is 0 Å². The maximum absolute atomic E-state index is 15.0. The van der Waals surface area contributed by atoms with E-state index >= 15 is 0 Å². The summed E-state index contributed by atoms with van der Waals surface area (Å²) in [6.07, 6.45) is 2.47. The zero-order valence-corrected chi connectivity index (χ0v) is 25.3. The first-order valence-corrected chi connectivity index (χ1v) is 16.6. The summed E-state index contributed by atoms with van der Waals surface area (Å²) >= 11 is 0. The molecule has 0 amide bonds. The minimum absolute atomic E-state index is 0.250. The van der Waals surface area contributed by atoms with Gasteiger partial charge in [0, 0.05) is 12.3 Å². The van der Waals surface area contributed by atoms with Crippen LogP contribution < -0.4 is 21.4 Å². The van der Waals surface area contributed by atoms with Crippen LogP contribution in [0.4, 0.5) is 4.39 Å². The Labute approximate surface area is 248 Å². The quantitative estimate of drug-likeness (QED) is 0.194. The molecule has 3 fully saturated rings. The van der Waals surface area contributed by atoms with E-state index in [0.717, 1.165) is 81.0 Å². The Hall–Kier alpha value is -2.42. The molecule has 242 valence electrons. The van der Waals surface area contributed by atoms with Gasteiger partial charge in [0.25, 0.3) is 5.56 Å². The number of rotatable bonds is 12. The first-order chi connectivity index (χ1) is 20.5. The highest BCUT2D eigenvalue weighted by Crippen LogP contribution is 2.41. The molecule has 0 bridgehead atoms. The predicted octanol–water partition coefficient (Wildman–Crippen LogP) is 1.97. The standard InChI is InChI=1S/C27H42FN4O10P/c1-16(25(35)40-18-9-5-3-6-10-18)30-43(38,31-17(2)26(36)41-19-11-7-4-8-12-19)39-15-20-23(34)22(28)24(42-20)32-14-13-21(33)29-27(32)37/h13-14,16-20,22-24,34H,3-12,15H2,1-2H3,(H,29,33,37)(H2,30,31,38)/t16?,17?,20-,22-,23-,24-,43?/m1/s1. The average molecular weight is 633 g/mol. The average Bonchev–Trinajstić information content (AvgIpc) is 3.25. The van der Waals surface area contributed by atoms with Gasteiger partial charge in [-0.15, -0.1) is 0 Å². The lowest BCUT2D eigenvalue weighted by Crippen LogP contribution is -2.44. The number of aromatic nitrogens is 2. The van der Waals surface area contributed by atoms with Gasteiger partial charge in [0.15, 0.2) is 12.4 Å². The number of aliphatic hydroxyl groups is 1. The van der Waals surface area contributed by atoms with Crippen molar-refractivity contribution in [1.29, 1.82) is 0 Å². The molecule has 43 heavy (non-hydrogen) atoms. The smallest absolute Gasteiger partial charge is 0.342 e. The maximum atomic E-state index is 15.0. The number of nitrogens with zero attached hydrogens (tertiary/aromatic N) is 1. The molecular weight excluding hydrogens is 590 g/mol. The number of aromatic amines is 1. The molecule has 6 atom stereocenters. The van der Waals surface area contributed by atoms with Gasteiger partial charge in [0.05, 0.1) is 6.61 Å². The Morgan fingerprint density at radius 3 is 2.02 bits per heavy atom. The number of hydrogen-bond acceptors (Lipinski definition) is 10. The molecule has 1 aromatic rings. The summed E-state index contributed by atoms with van der Waals surface area (Å²) in [5.41, 5.74) is -1.64. The first-order valence-electron chi connectivity index (χ1n) is 15.0. The topological polar surface area (TPSA) is 187 Å². The van der Waals surface area contributed by atoms with Gasteiger partial charge >= 0.3 is 25.3 Å². The van der Waals surface area contributed by atoms with Gasteiger partial charge < -0.3 is 23.8 Å². The Morgan fingerprint density at radius 2 is 1.53 bits per heavy atom. The van der Waals surface area contributed by atoms with E-state index in [1.807, 2.05) is 4.98 Å². The van der Waals surface area contributed by atoms with Gasteiger partial charge in [-0.25, -0.2) is 19.4 Å². The van der Waals surface area contributed by atoms with E-state index in [-0.39, 0.29) is 12.2 Å². The number of halogens is 1. The molecule has 3 aliphatic rings. The monoisotopic (exact) mass is 632 g/mol. The van der Waals surface area contributed by atoms with Crippen molar-refractivity contribution < 1.29 is 42.4 Å². The van der Waals surface area contributed by atoms with E-state index in [0.29, 0.717) is 0 Å². The third-order valence-electron chi connectivity index (χ3n) is 7.94. The van der Waals surface area contributed by atoms with Gasteiger partial charge in [-0.1, -0.05) is 12.8 Å². The lowest BCUT2D eigenvalue weighted by molar-refractivity contribution is -0.152. The zero-order valence-electron chi connectivity index (χ0n) is 24.4. The third-order valence-corrected chi connectivity index (χ3v) is 9.91. The number of carbonyl (C=O) groups excluding carboxylic acids is 2. The molecule has 1 aliphatic heterocycles. The number of esters is 2. The second-order valence-electron chi connectivity index (χ2n) is 11.5. The van der Waals surface area contributed by atoms with Crippen molar-refractivity contribution in [1.82, 2.24) is 19.7 Å². The van der Waals surface area contributed by atoms with Crippen LogP contribution in [-0.4, -0.2) is 75.9 Å². The van der Waals surface area contributed by atoms with Crippen LogP contribution in [0.3, 0.4) is 0 Å². The normalized spacial score (nSPS) is 28.1. The molecule has 2 unspecified atom stereocenters. The fourth-order valence-corrected chi connectivity index (χ4v) is 7.31. The van der Waals surface area contributed by atoms with Gasteiger partial charge in [0.1, 0.15) is 36.5 Å². The number of ether oxygens (including phenoxy) is 3. The van der Waals surface area contributed by atoms with Crippen molar-refractivity contribution in [2.45, 2.75) is 127 Å². The summed E-state index contributed by atoms with van der Waals surface area (Å²) in [6.45, 7) is 2.22.